The van der Waals surface area contributed by atoms with Crippen molar-refractivity contribution >= 4 is 40.1 Å². The minimum absolute atomic E-state index is 0.0799. The van der Waals surface area contributed by atoms with Gasteiger partial charge in [-0.25, -0.2) is 15.0 Å². The van der Waals surface area contributed by atoms with Crippen LogP contribution < -0.4 is 15.4 Å². The van der Waals surface area contributed by atoms with Crippen LogP contribution in [0.1, 0.15) is 29.6 Å². The van der Waals surface area contributed by atoms with Gasteiger partial charge in [-0.15, -0.1) is 0 Å². The largest absolute Gasteiger partial charge is 0.351 e. The van der Waals surface area contributed by atoms with Crippen molar-refractivity contribution in [1.82, 2.24) is 24.4 Å². The predicted octanol–water partition coefficient (Wildman–Crippen LogP) is 2.49. The quantitative estimate of drug-likeness (QED) is 0.394. The summed E-state index contributed by atoms with van der Waals surface area (Å²) in [4.78, 5) is 46.8. The van der Waals surface area contributed by atoms with Crippen LogP contribution in [0.3, 0.4) is 0 Å². The molecule has 1 fully saturated rings. The lowest BCUT2D eigenvalue weighted by atomic mass is 10.1. The lowest BCUT2D eigenvalue weighted by Crippen LogP contribution is -2.40. The van der Waals surface area contributed by atoms with E-state index in [-0.39, 0.29) is 17.5 Å². The van der Waals surface area contributed by atoms with E-state index in [2.05, 4.69) is 19.8 Å². The Morgan fingerprint density at radius 1 is 1.21 bits per heavy atom. The van der Waals surface area contributed by atoms with E-state index in [1.54, 1.807) is 28.1 Å². The van der Waals surface area contributed by atoms with E-state index in [4.69, 9.17) is 4.98 Å². The lowest BCUT2D eigenvalue weighted by Gasteiger charge is -2.27. The van der Waals surface area contributed by atoms with Crippen molar-refractivity contribution in [2.24, 2.45) is 0 Å². The first-order chi connectivity index (χ1) is 16.5. The minimum Gasteiger partial charge on any atom is -0.351 e. The van der Waals surface area contributed by atoms with Crippen LogP contribution in [0.2, 0.25) is 0 Å². The summed E-state index contributed by atoms with van der Waals surface area (Å²) in [7, 11) is 4.03. The van der Waals surface area contributed by atoms with E-state index >= 15 is 0 Å². The number of anilines is 2. The first-order valence-corrected chi connectivity index (χ1v) is 12.8. The Bertz CT molecular complexity index is 1290. The highest BCUT2D eigenvalue weighted by molar-refractivity contribution is 7.98. The summed E-state index contributed by atoms with van der Waals surface area (Å²) >= 11 is 1.47. The van der Waals surface area contributed by atoms with Crippen molar-refractivity contribution in [3.05, 3.63) is 46.6 Å². The summed E-state index contributed by atoms with van der Waals surface area (Å²) in [5.41, 5.74) is 1.63. The highest BCUT2D eigenvalue weighted by Gasteiger charge is 2.38. The molecule has 0 radical (unpaired) electrons. The van der Waals surface area contributed by atoms with Gasteiger partial charge in [0.2, 0.25) is 0 Å². The van der Waals surface area contributed by atoms with Crippen LogP contribution >= 0.6 is 11.8 Å². The maximum atomic E-state index is 13.8. The molecule has 1 amide bonds. The predicted molar refractivity (Wildman–Crippen MR) is 135 cm³/mol. The molecule has 3 aromatic rings. The fourth-order valence-corrected chi connectivity index (χ4v) is 5.22. The molecule has 1 atom stereocenters. The molecule has 4 heterocycles. The summed E-state index contributed by atoms with van der Waals surface area (Å²) in [5, 5.41) is 1.19. The minimum atomic E-state index is -0.151. The van der Waals surface area contributed by atoms with Crippen LogP contribution in [0, 0.1) is 0 Å². The zero-order valence-corrected chi connectivity index (χ0v) is 20.6. The highest BCUT2D eigenvalue weighted by atomic mass is 32.2. The maximum absolute atomic E-state index is 13.8. The van der Waals surface area contributed by atoms with E-state index in [0.717, 1.165) is 32.4 Å². The van der Waals surface area contributed by atoms with Crippen LogP contribution in [0.25, 0.3) is 10.9 Å². The zero-order chi connectivity index (χ0) is 23.8. The summed E-state index contributed by atoms with van der Waals surface area (Å²) in [5.74, 6) is 0.562. The smallest absolute Gasteiger partial charge is 0.263 e. The highest BCUT2D eigenvalue weighted by Crippen LogP contribution is 2.35. The topological polar surface area (TPSA) is 87.5 Å². The van der Waals surface area contributed by atoms with Gasteiger partial charge >= 0.3 is 0 Å². The maximum Gasteiger partial charge on any atom is 0.263 e. The normalized spacial score (nSPS) is 17.9. The molecule has 0 bridgehead atoms. The summed E-state index contributed by atoms with van der Waals surface area (Å²) in [6, 6.07) is 5.67. The number of thioether (sulfide) groups is 1. The van der Waals surface area contributed by atoms with Crippen molar-refractivity contribution in [2.45, 2.75) is 37.0 Å². The molecule has 1 aromatic carbocycles. The molecule has 0 unspecified atom stereocenters. The first-order valence-electron chi connectivity index (χ1n) is 11.6. The Kier molecular flexibility index (Phi) is 6.26. The van der Waals surface area contributed by atoms with Gasteiger partial charge in [-0.05, 0) is 58.3 Å². The number of aromatic nitrogens is 4. The lowest BCUT2D eigenvalue weighted by molar-refractivity contribution is 0.0988. The Morgan fingerprint density at radius 2 is 2.06 bits per heavy atom. The molecule has 0 N–H and O–H groups in total. The van der Waals surface area contributed by atoms with Crippen molar-refractivity contribution in [3.8, 4) is 0 Å². The van der Waals surface area contributed by atoms with Gasteiger partial charge in [0, 0.05) is 31.9 Å². The Morgan fingerprint density at radius 3 is 2.85 bits per heavy atom. The summed E-state index contributed by atoms with van der Waals surface area (Å²) in [6.07, 6.45) is 8.07. The molecule has 2 aromatic heterocycles. The summed E-state index contributed by atoms with van der Waals surface area (Å²) < 4.78 is 1.66. The molecule has 1 saturated heterocycles. The Hall–Kier alpha value is -2.98. The van der Waals surface area contributed by atoms with E-state index in [1.807, 2.05) is 32.5 Å². The first kappa shape index (κ1) is 22.8. The van der Waals surface area contributed by atoms with Crippen LogP contribution in [0.4, 0.5) is 11.5 Å². The third-order valence-electron chi connectivity index (χ3n) is 6.57. The fraction of sp³-hybridized carbons (Fsp3) is 0.458. The van der Waals surface area contributed by atoms with E-state index in [1.165, 1.54) is 11.8 Å². The van der Waals surface area contributed by atoms with Crippen LogP contribution in [-0.4, -0.2) is 76.4 Å². The van der Waals surface area contributed by atoms with Gasteiger partial charge in [0.1, 0.15) is 16.9 Å². The molecule has 34 heavy (non-hydrogen) atoms. The monoisotopic (exact) mass is 479 g/mol. The van der Waals surface area contributed by atoms with Gasteiger partial charge in [0.05, 0.1) is 17.4 Å². The Labute approximate surface area is 202 Å². The number of para-hydroxylation sites is 1. The van der Waals surface area contributed by atoms with Crippen molar-refractivity contribution in [1.29, 1.82) is 0 Å². The zero-order valence-electron chi connectivity index (χ0n) is 19.8. The van der Waals surface area contributed by atoms with Gasteiger partial charge in [-0.3, -0.25) is 14.2 Å². The van der Waals surface area contributed by atoms with Crippen molar-refractivity contribution in [3.63, 3.8) is 0 Å². The molecular weight excluding hydrogens is 450 g/mol. The standard InChI is InChI=1S/C24H29N7O2S/c1-28(2)10-6-11-29-15-26-20-17(22(29)32)8-4-9-19(20)31-14-16-7-5-12-30(16)21-18(23(31)33)13-25-24(27-21)34-3/h4,8-9,13,15-16H,5-7,10-12,14H2,1-3H3/t16-/m0/s1. The van der Waals surface area contributed by atoms with Crippen LogP contribution in [0.15, 0.2) is 40.7 Å². The second kappa shape index (κ2) is 9.34. The van der Waals surface area contributed by atoms with Gasteiger partial charge in [-0.1, -0.05) is 17.8 Å². The van der Waals surface area contributed by atoms with E-state index in [0.29, 0.717) is 46.2 Å². The number of rotatable bonds is 6. The number of amides is 1. The van der Waals surface area contributed by atoms with Crippen LogP contribution in [0.5, 0.6) is 0 Å². The van der Waals surface area contributed by atoms with Crippen molar-refractivity contribution < 1.29 is 4.79 Å². The number of fused-ring (bicyclic) bond motifs is 4. The number of nitrogens with zero attached hydrogens (tertiary/aromatic N) is 7. The number of carbonyl (C=O) groups is 1. The molecule has 178 valence electrons. The number of benzene rings is 1. The van der Waals surface area contributed by atoms with Crippen molar-refractivity contribution in [2.75, 3.05) is 49.8 Å². The van der Waals surface area contributed by atoms with Gasteiger partial charge < -0.3 is 14.7 Å². The van der Waals surface area contributed by atoms with Gasteiger partial charge in [0.15, 0.2) is 5.16 Å². The molecule has 0 aliphatic carbocycles. The SMILES string of the molecule is CSc1ncc2c(n1)N1CCC[C@H]1CN(c1cccc3c(=O)n(CCCN(C)C)cnc13)C2=O. The molecular formula is C24H29N7O2S. The number of aryl methyl sites for hydroxylation is 1. The third-order valence-corrected chi connectivity index (χ3v) is 7.14. The molecule has 5 rings (SSSR count). The molecule has 0 spiro atoms. The molecule has 9 nitrogen and oxygen atoms in total. The number of hydrogen-bond acceptors (Lipinski definition) is 8. The summed E-state index contributed by atoms with van der Waals surface area (Å²) in [6.45, 7) is 2.89. The average molecular weight is 480 g/mol. The van der Waals surface area contributed by atoms with E-state index < -0.39 is 0 Å². The molecule has 10 heteroatoms. The third kappa shape index (κ3) is 4.05. The van der Waals surface area contributed by atoms with Gasteiger partial charge in [-0.2, -0.15) is 0 Å². The second-order valence-corrected chi connectivity index (χ2v) is 9.85. The van der Waals surface area contributed by atoms with Gasteiger partial charge in [0.25, 0.3) is 11.5 Å². The van der Waals surface area contributed by atoms with Crippen LogP contribution in [-0.2, 0) is 6.54 Å². The van der Waals surface area contributed by atoms with E-state index in [9.17, 15) is 9.59 Å². The average Bonchev–Trinajstić information content (AvgIpc) is 3.27. The molecule has 2 aliphatic heterocycles. The molecule has 2 aliphatic rings. The Balaban J connectivity index is 1.57. The number of carbonyl (C=O) groups excluding carboxylic acids is 1. The second-order valence-electron chi connectivity index (χ2n) is 9.07. The number of hydrogen-bond donors (Lipinski definition) is 0. The molecule has 0 saturated carbocycles. The fourth-order valence-electron chi connectivity index (χ4n) is 4.89.